The summed E-state index contributed by atoms with van der Waals surface area (Å²) in [5, 5.41) is 5.45. The number of anilines is 1. The van der Waals surface area contributed by atoms with Gasteiger partial charge in [-0.15, -0.1) is 0 Å². The van der Waals surface area contributed by atoms with E-state index in [-0.39, 0.29) is 5.54 Å². The lowest BCUT2D eigenvalue weighted by Crippen LogP contribution is -2.27. The van der Waals surface area contributed by atoms with E-state index in [1.54, 1.807) is 0 Å². The van der Waals surface area contributed by atoms with E-state index < -0.39 is 0 Å². The number of H-pyrrole nitrogens is 1. The summed E-state index contributed by atoms with van der Waals surface area (Å²) in [6.07, 6.45) is 5.18. The van der Waals surface area contributed by atoms with E-state index in [0.717, 1.165) is 23.1 Å². The Kier molecular flexibility index (Phi) is 3.56. The van der Waals surface area contributed by atoms with Gasteiger partial charge in [0, 0.05) is 5.54 Å². The number of hydrogen-bond donors (Lipinski definition) is 2. The summed E-state index contributed by atoms with van der Waals surface area (Å²) in [5.74, 6) is 0.843. The molecule has 0 aliphatic carbocycles. The zero-order valence-electron chi connectivity index (χ0n) is 10.3. The summed E-state index contributed by atoms with van der Waals surface area (Å²) in [6, 6.07) is 0. The van der Waals surface area contributed by atoms with Gasteiger partial charge in [-0.25, -0.2) is 4.98 Å². The number of hydrogen-bond acceptors (Lipinski definition) is 2. The van der Waals surface area contributed by atoms with Crippen LogP contribution in [0.3, 0.4) is 0 Å². The molecule has 1 rings (SSSR count). The molecule has 84 valence electrons. The average molecular weight is 207 g/mol. The van der Waals surface area contributed by atoms with Gasteiger partial charge in [-0.2, -0.15) is 0 Å². The topological polar surface area (TPSA) is 40.7 Å². The van der Waals surface area contributed by atoms with Gasteiger partial charge < -0.3 is 10.3 Å². The van der Waals surface area contributed by atoms with Crippen molar-refractivity contribution in [3.63, 3.8) is 0 Å². The highest BCUT2D eigenvalue weighted by molar-refractivity contribution is 5.34. The molecule has 0 saturated heterocycles. The fourth-order valence-corrected chi connectivity index (χ4v) is 1.39. The second-order valence-corrected chi connectivity index (χ2v) is 4.66. The first kappa shape index (κ1) is 11.8. The molecule has 1 heterocycles. The monoisotopic (exact) mass is 207 g/mol. The maximum atomic E-state index is 4.48. The second kappa shape index (κ2) is 4.51. The predicted molar refractivity (Wildman–Crippen MR) is 66.1 cm³/mol. The molecule has 0 aromatic carbocycles. The van der Waals surface area contributed by atoms with Crippen LogP contribution in [0.5, 0.6) is 0 Å². The van der Waals surface area contributed by atoms with Crippen LogP contribution in [0.25, 0.3) is 12.2 Å². The minimum absolute atomic E-state index is 0.0341. The van der Waals surface area contributed by atoms with Gasteiger partial charge in [0.1, 0.15) is 0 Å². The van der Waals surface area contributed by atoms with Crippen molar-refractivity contribution in [2.45, 2.75) is 46.6 Å². The lowest BCUT2D eigenvalue weighted by molar-refractivity contribution is 0.627. The number of nitrogens with zero attached hydrogens (tertiary/aromatic N) is 1. The van der Waals surface area contributed by atoms with Gasteiger partial charge >= 0.3 is 0 Å². The van der Waals surface area contributed by atoms with Gasteiger partial charge in [-0.05, 0) is 34.1 Å². The minimum atomic E-state index is 0.0341. The molecular weight excluding hydrogens is 186 g/mol. The smallest absolute Gasteiger partial charge is 0.201 e. The molecule has 3 nitrogen and oxygen atoms in total. The number of imidazole rings is 1. The molecule has 1 aromatic rings. The molecule has 0 unspecified atom stereocenters. The van der Waals surface area contributed by atoms with Gasteiger partial charge in [0.05, 0.1) is 10.7 Å². The Bertz CT molecular complexity index is 421. The molecule has 0 fully saturated rings. The van der Waals surface area contributed by atoms with Crippen molar-refractivity contribution in [2.24, 2.45) is 0 Å². The zero-order valence-corrected chi connectivity index (χ0v) is 10.3. The molecule has 3 heteroatoms. The fraction of sp³-hybridized carbons (Fsp3) is 0.583. The van der Waals surface area contributed by atoms with Crippen LogP contribution >= 0.6 is 0 Å². The number of nitrogens with one attached hydrogen (secondary N) is 2. The van der Waals surface area contributed by atoms with Gasteiger partial charge in [-0.3, -0.25) is 0 Å². The third-order valence-corrected chi connectivity index (χ3v) is 1.94. The van der Waals surface area contributed by atoms with Crippen molar-refractivity contribution >= 4 is 18.1 Å². The lowest BCUT2D eigenvalue weighted by atomic mass is 10.1. The highest BCUT2D eigenvalue weighted by Gasteiger charge is 2.10. The molecule has 15 heavy (non-hydrogen) atoms. The van der Waals surface area contributed by atoms with Crippen molar-refractivity contribution in [1.29, 1.82) is 0 Å². The summed E-state index contributed by atoms with van der Waals surface area (Å²) in [5.41, 5.74) is 0.0341. The summed E-state index contributed by atoms with van der Waals surface area (Å²) >= 11 is 0. The Hall–Kier alpha value is -1.25. The number of rotatable bonds is 2. The lowest BCUT2D eigenvalue weighted by Gasteiger charge is -2.19. The van der Waals surface area contributed by atoms with E-state index in [9.17, 15) is 0 Å². The number of aromatic nitrogens is 2. The average Bonchev–Trinajstić information content (AvgIpc) is 2.45. The van der Waals surface area contributed by atoms with Crippen LogP contribution in [-0.2, 0) is 0 Å². The Balaban J connectivity index is 3.10. The van der Waals surface area contributed by atoms with Gasteiger partial charge in [0.15, 0.2) is 0 Å². The molecule has 0 atom stereocenters. The maximum Gasteiger partial charge on any atom is 0.201 e. The van der Waals surface area contributed by atoms with Crippen LogP contribution in [0.15, 0.2) is 0 Å². The van der Waals surface area contributed by atoms with Crippen LogP contribution in [0.2, 0.25) is 0 Å². The van der Waals surface area contributed by atoms with Crippen molar-refractivity contribution in [3.05, 3.63) is 10.7 Å². The summed E-state index contributed by atoms with van der Waals surface area (Å²) in [7, 11) is 0. The first-order valence-corrected chi connectivity index (χ1v) is 5.47. The summed E-state index contributed by atoms with van der Waals surface area (Å²) in [6.45, 7) is 10.5. The third kappa shape index (κ3) is 3.42. The molecular formula is C12H21N3. The first-order chi connectivity index (χ1) is 6.96. The Labute approximate surface area is 91.3 Å². The van der Waals surface area contributed by atoms with E-state index in [4.69, 9.17) is 0 Å². The molecule has 0 saturated carbocycles. The highest BCUT2D eigenvalue weighted by atomic mass is 15.1. The maximum absolute atomic E-state index is 4.48. The molecule has 1 aromatic heterocycles. The predicted octanol–water partition coefficient (Wildman–Crippen LogP) is 1.61. The van der Waals surface area contributed by atoms with Crippen LogP contribution in [0, 0.1) is 0 Å². The molecule has 0 aliphatic heterocycles. The molecule has 0 bridgehead atoms. The van der Waals surface area contributed by atoms with E-state index in [1.807, 2.05) is 13.0 Å². The normalized spacial score (nSPS) is 14.7. The van der Waals surface area contributed by atoms with Gasteiger partial charge in [0.2, 0.25) is 5.95 Å². The molecule has 0 spiro atoms. The SMILES string of the molecule is C/C=c1/nc(NC(C)(C)C)[nH]/c1=C/CC. The second-order valence-electron chi connectivity index (χ2n) is 4.66. The van der Waals surface area contributed by atoms with E-state index in [0.29, 0.717) is 0 Å². The first-order valence-electron chi connectivity index (χ1n) is 5.47. The third-order valence-electron chi connectivity index (χ3n) is 1.94. The summed E-state index contributed by atoms with van der Waals surface area (Å²) < 4.78 is 0. The molecule has 0 aliphatic rings. The quantitative estimate of drug-likeness (QED) is 0.773. The van der Waals surface area contributed by atoms with Crippen LogP contribution in [0.1, 0.15) is 41.0 Å². The largest absolute Gasteiger partial charge is 0.351 e. The molecule has 2 N–H and O–H groups in total. The van der Waals surface area contributed by atoms with Crippen molar-refractivity contribution < 1.29 is 0 Å². The summed E-state index contributed by atoms with van der Waals surface area (Å²) in [4.78, 5) is 7.76. The highest BCUT2D eigenvalue weighted by Crippen LogP contribution is 2.06. The number of aromatic amines is 1. The fourth-order valence-electron chi connectivity index (χ4n) is 1.39. The standard InChI is InChI=1S/C12H21N3/c1-6-8-10-9(7-2)13-11(14-10)15-12(3,4)5/h7-8H,6H2,1-5H3,(H2,13,14,15)/b9-7+,10-8+. The van der Waals surface area contributed by atoms with Crippen LogP contribution in [0.4, 0.5) is 5.95 Å². The Morgan fingerprint density at radius 1 is 1.40 bits per heavy atom. The minimum Gasteiger partial charge on any atom is -0.351 e. The molecule has 0 radical (unpaired) electrons. The van der Waals surface area contributed by atoms with Crippen LogP contribution in [-0.4, -0.2) is 15.5 Å². The Morgan fingerprint density at radius 2 is 2.07 bits per heavy atom. The van der Waals surface area contributed by atoms with Crippen LogP contribution < -0.4 is 16.0 Å². The van der Waals surface area contributed by atoms with Gasteiger partial charge in [-0.1, -0.05) is 19.1 Å². The Morgan fingerprint density at radius 3 is 2.53 bits per heavy atom. The van der Waals surface area contributed by atoms with E-state index >= 15 is 0 Å². The van der Waals surface area contributed by atoms with Crippen molar-refractivity contribution in [3.8, 4) is 0 Å². The van der Waals surface area contributed by atoms with E-state index in [2.05, 4.69) is 49.1 Å². The van der Waals surface area contributed by atoms with Crippen molar-refractivity contribution in [2.75, 3.05) is 5.32 Å². The van der Waals surface area contributed by atoms with Gasteiger partial charge in [0.25, 0.3) is 0 Å². The van der Waals surface area contributed by atoms with E-state index in [1.165, 1.54) is 0 Å². The zero-order chi connectivity index (χ0) is 11.5. The molecule has 0 amide bonds. The van der Waals surface area contributed by atoms with Crippen molar-refractivity contribution in [1.82, 2.24) is 9.97 Å².